The second kappa shape index (κ2) is 5.28. The molecule has 0 spiro atoms. The minimum Gasteiger partial charge on any atom is -0.352 e. The van der Waals surface area contributed by atoms with Gasteiger partial charge in [0.15, 0.2) is 10.8 Å². The molecule has 1 aliphatic rings. The summed E-state index contributed by atoms with van der Waals surface area (Å²) in [5, 5.41) is 2.74. The Bertz CT molecular complexity index is 716. The predicted octanol–water partition coefficient (Wildman–Crippen LogP) is 1.37. The molecule has 2 aromatic heterocycles. The number of thiazole rings is 1. The second-order valence-electron chi connectivity index (χ2n) is 4.72. The number of piperazine rings is 1. The van der Waals surface area contributed by atoms with E-state index in [1.807, 2.05) is 11.6 Å². The second-order valence-corrected chi connectivity index (χ2v) is 8.14. The first kappa shape index (κ1) is 14.3. The minimum absolute atomic E-state index is 0.520. The van der Waals surface area contributed by atoms with E-state index >= 15 is 0 Å². The van der Waals surface area contributed by atoms with E-state index in [0.717, 1.165) is 21.8 Å². The van der Waals surface area contributed by atoms with Gasteiger partial charge in [0.1, 0.15) is 0 Å². The van der Waals surface area contributed by atoms with Crippen LogP contribution in [0.1, 0.15) is 5.69 Å². The number of imidazole rings is 1. The van der Waals surface area contributed by atoms with E-state index in [4.69, 9.17) is 0 Å². The summed E-state index contributed by atoms with van der Waals surface area (Å²) in [5.41, 5.74) is 1.12. The fraction of sp³-hybridized carbons (Fsp3) is 0.545. The standard InChI is InChI=1S/C11H15BrN4O2S2/c1-20(17,18)15-4-2-14(3-5-15)10-9(8-12)16-6-7-19-11(16)13-10/h6-7H,2-5,8H2,1H3. The maximum Gasteiger partial charge on any atom is 0.211 e. The Morgan fingerprint density at radius 3 is 2.65 bits per heavy atom. The number of fused-ring (bicyclic) bond motifs is 1. The van der Waals surface area contributed by atoms with Gasteiger partial charge in [-0.25, -0.2) is 13.4 Å². The van der Waals surface area contributed by atoms with Gasteiger partial charge in [0.2, 0.25) is 10.0 Å². The molecule has 2 aromatic rings. The molecule has 3 heterocycles. The van der Waals surface area contributed by atoms with Crippen LogP contribution in [0.2, 0.25) is 0 Å². The molecular formula is C11H15BrN4O2S2. The van der Waals surface area contributed by atoms with Gasteiger partial charge in [0.05, 0.1) is 11.9 Å². The number of hydrogen-bond donors (Lipinski definition) is 0. The Kier molecular flexibility index (Phi) is 3.78. The van der Waals surface area contributed by atoms with Gasteiger partial charge in [0.25, 0.3) is 0 Å². The summed E-state index contributed by atoms with van der Waals surface area (Å²) < 4.78 is 26.7. The molecule has 6 nitrogen and oxygen atoms in total. The van der Waals surface area contributed by atoms with Gasteiger partial charge < -0.3 is 4.90 Å². The third-order valence-corrected chi connectivity index (χ3v) is 6.06. The average Bonchev–Trinajstić information content (AvgIpc) is 2.97. The van der Waals surface area contributed by atoms with E-state index in [9.17, 15) is 8.42 Å². The molecule has 1 fully saturated rings. The van der Waals surface area contributed by atoms with Crippen LogP contribution >= 0.6 is 27.3 Å². The average molecular weight is 379 g/mol. The largest absolute Gasteiger partial charge is 0.352 e. The van der Waals surface area contributed by atoms with Crippen LogP contribution in [0.4, 0.5) is 5.82 Å². The number of alkyl halides is 1. The zero-order valence-electron chi connectivity index (χ0n) is 11.0. The molecule has 110 valence electrons. The van der Waals surface area contributed by atoms with Gasteiger partial charge in [-0.3, -0.25) is 4.40 Å². The van der Waals surface area contributed by atoms with Crippen molar-refractivity contribution in [2.24, 2.45) is 0 Å². The zero-order chi connectivity index (χ0) is 14.3. The Labute approximate surface area is 130 Å². The monoisotopic (exact) mass is 378 g/mol. The van der Waals surface area contributed by atoms with Crippen molar-refractivity contribution in [3.63, 3.8) is 0 Å². The molecule has 0 N–H and O–H groups in total. The number of nitrogens with zero attached hydrogens (tertiary/aromatic N) is 4. The quantitative estimate of drug-likeness (QED) is 0.756. The van der Waals surface area contributed by atoms with Crippen LogP contribution < -0.4 is 4.90 Å². The molecule has 0 radical (unpaired) electrons. The van der Waals surface area contributed by atoms with E-state index in [1.54, 1.807) is 11.3 Å². The Morgan fingerprint density at radius 1 is 1.35 bits per heavy atom. The van der Waals surface area contributed by atoms with Crippen LogP contribution in [-0.4, -0.2) is 54.5 Å². The maximum absolute atomic E-state index is 11.5. The van der Waals surface area contributed by atoms with Crippen molar-refractivity contribution in [1.29, 1.82) is 0 Å². The van der Waals surface area contributed by atoms with Crippen molar-refractivity contribution in [2.45, 2.75) is 5.33 Å². The lowest BCUT2D eigenvalue weighted by atomic mass is 10.3. The molecule has 0 atom stereocenters. The van der Waals surface area contributed by atoms with Crippen molar-refractivity contribution in [2.75, 3.05) is 37.3 Å². The summed E-state index contributed by atoms with van der Waals surface area (Å²) in [4.78, 5) is 7.80. The summed E-state index contributed by atoms with van der Waals surface area (Å²) in [7, 11) is -3.09. The van der Waals surface area contributed by atoms with Crippen molar-refractivity contribution in [3.05, 3.63) is 17.3 Å². The van der Waals surface area contributed by atoms with Crippen molar-refractivity contribution < 1.29 is 8.42 Å². The highest BCUT2D eigenvalue weighted by molar-refractivity contribution is 9.08. The van der Waals surface area contributed by atoms with Crippen LogP contribution in [0.25, 0.3) is 4.96 Å². The third kappa shape index (κ3) is 2.47. The molecule has 20 heavy (non-hydrogen) atoms. The van der Waals surface area contributed by atoms with E-state index in [-0.39, 0.29) is 0 Å². The molecular weight excluding hydrogens is 364 g/mol. The summed E-state index contributed by atoms with van der Waals surface area (Å²) in [6.45, 7) is 2.40. The Hall–Kier alpha value is -0.640. The van der Waals surface area contributed by atoms with E-state index in [0.29, 0.717) is 26.2 Å². The highest BCUT2D eigenvalue weighted by Gasteiger charge is 2.26. The van der Waals surface area contributed by atoms with E-state index in [2.05, 4.69) is 30.2 Å². The van der Waals surface area contributed by atoms with E-state index < -0.39 is 10.0 Å². The maximum atomic E-state index is 11.5. The van der Waals surface area contributed by atoms with Crippen LogP contribution in [0.5, 0.6) is 0 Å². The number of aromatic nitrogens is 2. The number of sulfonamides is 1. The minimum atomic E-state index is -3.09. The normalized spacial score (nSPS) is 18.0. The fourth-order valence-corrected chi connectivity index (χ4v) is 4.51. The van der Waals surface area contributed by atoms with Gasteiger partial charge in [-0.1, -0.05) is 15.9 Å². The van der Waals surface area contributed by atoms with E-state index in [1.165, 1.54) is 10.6 Å². The fourth-order valence-electron chi connectivity index (χ4n) is 2.43. The molecule has 0 unspecified atom stereocenters. The molecule has 0 aromatic carbocycles. The van der Waals surface area contributed by atoms with Crippen molar-refractivity contribution >= 4 is 48.1 Å². The highest BCUT2D eigenvalue weighted by Crippen LogP contribution is 2.27. The summed E-state index contributed by atoms with van der Waals surface area (Å²) in [6.07, 6.45) is 3.28. The first-order valence-corrected chi connectivity index (χ1v) is 10.1. The summed E-state index contributed by atoms with van der Waals surface area (Å²) in [6, 6.07) is 0. The number of rotatable bonds is 3. The van der Waals surface area contributed by atoms with Crippen LogP contribution in [-0.2, 0) is 15.4 Å². The Morgan fingerprint density at radius 2 is 2.05 bits per heavy atom. The lowest BCUT2D eigenvalue weighted by molar-refractivity contribution is 0.387. The van der Waals surface area contributed by atoms with Crippen LogP contribution in [0, 0.1) is 0 Å². The first-order chi connectivity index (χ1) is 9.50. The molecule has 0 aliphatic carbocycles. The molecule has 0 bridgehead atoms. The number of anilines is 1. The summed E-state index contributed by atoms with van der Waals surface area (Å²) >= 11 is 5.12. The number of hydrogen-bond acceptors (Lipinski definition) is 5. The first-order valence-electron chi connectivity index (χ1n) is 6.21. The highest BCUT2D eigenvalue weighted by atomic mass is 79.9. The third-order valence-electron chi connectivity index (χ3n) is 3.47. The molecule has 0 saturated carbocycles. The lowest BCUT2D eigenvalue weighted by Gasteiger charge is -2.33. The van der Waals surface area contributed by atoms with Gasteiger partial charge in [0, 0.05) is 43.1 Å². The van der Waals surface area contributed by atoms with Crippen molar-refractivity contribution in [1.82, 2.24) is 13.7 Å². The summed E-state index contributed by atoms with van der Waals surface area (Å²) in [5.74, 6) is 0.960. The zero-order valence-corrected chi connectivity index (χ0v) is 14.2. The molecule has 3 rings (SSSR count). The van der Waals surface area contributed by atoms with Gasteiger partial charge in [-0.15, -0.1) is 11.3 Å². The predicted molar refractivity (Wildman–Crippen MR) is 84.3 cm³/mol. The molecule has 1 saturated heterocycles. The topological polar surface area (TPSA) is 57.9 Å². The van der Waals surface area contributed by atoms with Gasteiger partial charge in [-0.05, 0) is 0 Å². The van der Waals surface area contributed by atoms with Gasteiger partial charge in [-0.2, -0.15) is 4.31 Å². The molecule has 1 aliphatic heterocycles. The van der Waals surface area contributed by atoms with Crippen molar-refractivity contribution in [3.8, 4) is 0 Å². The Balaban J connectivity index is 1.85. The molecule has 0 amide bonds. The van der Waals surface area contributed by atoms with Crippen LogP contribution in [0.3, 0.4) is 0 Å². The SMILES string of the molecule is CS(=O)(=O)N1CCN(c2nc3sccn3c2CBr)CC1. The van der Waals surface area contributed by atoms with Gasteiger partial charge >= 0.3 is 0 Å². The van der Waals surface area contributed by atoms with Crippen LogP contribution in [0.15, 0.2) is 11.6 Å². The number of halogens is 1. The molecule has 9 heteroatoms. The smallest absolute Gasteiger partial charge is 0.211 e. The lowest BCUT2D eigenvalue weighted by Crippen LogP contribution is -2.48.